The van der Waals surface area contributed by atoms with E-state index >= 15 is 0 Å². The van der Waals surface area contributed by atoms with Gasteiger partial charge in [0, 0.05) is 35.3 Å². The van der Waals surface area contributed by atoms with Gasteiger partial charge in [0.25, 0.3) is 5.91 Å². The molecule has 194 valence electrons. The van der Waals surface area contributed by atoms with E-state index in [9.17, 15) is 9.59 Å². The van der Waals surface area contributed by atoms with Crippen LogP contribution >= 0.6 is 22.9 Å². The quantitative estimate of drug-likeness (QED) is 0.414. The summed E-state index contributed by atoms with van der Waals surface area (Å²) in [5.41, 5.74) is 1.95. The third-order valence-electron chi connectivity index (χ3n) is 6.05. The maximum atomic E-state index is 13.4. The van der Waals surface area contributed by atoms with Crippen molar-refractivity contribution in [2.75, 3.05) is 31.6 Å². The normalized spacial score (nSPS) is 15.8. The predicted octanol–water partition coefficient (Wildman–Crippen LogP) is 5.67. The Bertz CT molecular complexity index is 1330. The number of likely N-dealkylation sites (tertiary alicyclic amines) is 1. The van der Waals surface area contributed by atoms with E-state index in [0.29, 0.717) is 47.5 Å². The van der Waals surface area contributed by atoms with E-state index in [1.807, 2.05) is 57.2 Å². The van der Waals surface area contributed by atoms with Gasteiger partial charge >= 0.3 is 6.09 Å². The number of rotatable bonds is 5. The maximum absolute atomic E-state index is 13.4. The summed E-state index contributed by atoms with van der Waals surface area (Å²) in [4.78, 5) is 34.3. The van der Waals surface area contributed by atoms with Gasteiger partial charge in [0.15, 0.2) is 11.5 Å². The van der Waals surface area contributed by atoms with Gasteiger partial charge in [0.05, 0.1) is 25.9 Å². The Morgan fingerprint density at radius 1 is 1.11 bits per heavy atom. The van der Waals surface area contributed by atoms with Crippen molar-refractivity contribution in [3.8, 4) is 22.1 Å². The molecule has 0 spiro atoms. The highest BCUT2D eigenvalue weighted by Gasteiger charge is 2.36. The van der Waals surface area contributed by atoms with E-state index in [1.165, 1.54) is 11.3 Å². The summed E-state index contributed by atoms with van der Waals surface area (Å²) in [5.74, 6) is 1.01. The van der Waals surface area contributed by atoms with Gasteiger partial charge in [-0.05, 0) is 45.0 Å². The molecular weight excluding hydrogens is 514 g/mol. The SMILES string of the molecule is COc1cc(N2CCc3nc(-c4ccc(Cl)cc4)sc3C2=O)ccc1OC1CN(C(=O)OC(C)(C)C)C1. The number of halogens is 1. The van der Waals surface area contributed by atoms with Gasteiger partial charge < -0.3 is 24.0 Å². The number of aromatic nitrogens is 1. The summed E-state index contributed by atoms with van der Waals surface area (Å²) < 4.78 is 17.0. The second-order valence-corrected chi connectivity index (χ2v) is 11.4. The highest BCUT2D eigenvalue weighted by atomic mass is 35.5. The van der Waals surface area contributed by atoms with Gasteiger partial charge in [-0.3, -0.25) is 4.79 Å². The predicted molar refractivity (Wildman–Crippen MR) is 143 cm³/mol. The highest BCUT2D eigenvalue weighted by Crippen LogP contribution is 2.37. The topological polar surface area (TPSA) is 81.2 Å². The molecule has 0 bridgehead atoms. The van der Waals surface area contributed by atoms with Crippen molar-refractivity contribution in [1.82, 2.24) is 9.88 Å². The van der Waals surface area contributed by atoms with Crippen molar-refractivity contribution in [3.63, 3.8) is 0 Å². The van der Waals surface area contributed by atoms with Crippen LogP contribution in [0.5, 0.6) is 11.5 Å². The Kier molecular flexibility index (Phi) is 6.76. The van der Waals surface area contributed by atoms with E-state index in [2.05, 4.69) is 0 Å². The zero-order chi connectivity index (χ0) is 26.3. The molecule has 1 saturated heterocycles. The lowest BCUT2D eigenvalue weighted by molar-refractivity contribution is -0.0226. The lowest BCUT2D eigenvalue weighted by atomic mass is 10.1. The molecule has 10 heteroatoms. The number of thiazole rings is 1. The van der Waals surface area contributed by atoms with E-state index in [4.69, 9.17) is 30.8 Å². The number of ether oxygens (including phenoxy) is 3. The third-order valence-corrected chi connectivity index (χ3v) is 7.44. The second kappa shape index (κ2) is 9.87. The van der Waals surface area contributed by atoms with Crippen molar-refractivity contribution in [2.24, 2.45) is 0 Å². The minimum atomic E-state index is -0.536. The molecule has 2 aromatic carbocycles. The summed E-state index contributed by atoms with van der Waals surface area (Å²) in [6.07, 6.45) is 0.156. The Hall–Kier alpha value is -3.30. The molecule has 2 amide bonds. The molecule has 1 fully saturated rings. The largest absolute Gasteiger partial charge is 0.493 e. The van der Waals surface area contributed by atoms with Crippen LogP contribution in [0.1, 0.15) is 36.1 Å². The molecule has 3 heterocycles. The number of hydrogen-bond acceptors (Lipinski definition) is 7. The Labute approximate surface area is 224 Å². The van der Waals surface area contributed by atoms with Gasteiger partial charge in [0.1, 0.15) is 21.6 Å². The molecule has 8 nitrogen and oxygen atoms in total. The average molecular weight is 542 g/mol. The van der Waals surface area contributed by atoms with Crippen LogP contribution in [-0.4, -0.2) is 60.3 Å². The smallest absolute Gasteiger partial charge is 0.410 e. The molecule has 5 rings (SSSR count). The third kappa shape index (κ3) is 5.38. The van der Waals surface area contributed by atoms with Crippen molar-refractivity contribution in [3.05, 3.63) is 58.1 Å². The molecule has 0 atom stereocenters. The van der Waals surface area contributed by atoms with Crippen LogP contribution in [0.15, 0.2) is 42.5 Å². The van der Waals surface area contributed by atoms with Crippen LogP contribution < -0.4 is 14.4 Å². The summed E-state index contributed by atoms with van der Waals surface area (Å²) in [7, 11) is 1.57. The molecule has 0 saturated carbocycles. The number of hydrogen-bond donors (Lipinski definition) is 0. The first kappa shape index (κ1) is 25.4. The monoisotopic (exact) mass is 541 g/mol. The first-order valence-electron chi connectivity index (χ1n) is 12.0. The fourth-order valence-electron chi connectivity index (χ4n) is 4.18. The molecule has 0 aliphatic carbocycles. The number of fused-ring (bicyclic) bond motifs is 1. The van der Waals surface area contributed by atoms with E-state index < -0.39 is 5.60 Å². The summed E-state index contributed by atoms with van der Waals surface area (Å²) in [6, 6.07) is 12.9. The summed E-state index contributed by atoms with van der Waals surface area (Å²) in [6.45, 7) is 6.92. The van der Waals surface area contributed by atoms with Crippen molar-refractivity contribution >= 4 is 40.6 Å². The molecule has 0 radical (unpaired) electrons. The molecule has 1 aromatic heterocycles. The number of anilines is 1. The Balaban J connectivity index is 1.27. The minimum absolute atomic E-state index is 0.0818. The summed E-state index contributed by atoms with van der Waals surface area (Å²) in [5, 5.41) is 1.46. The van der Waals surface area contributed by atoms with Gasteiger partial charge in [0.2, 0.25) is 0 Å². The van der Waals surface area contributed by atoms with Crippen LogP contribution in [0.25, 0.3) is 10.6 Å². The zero-order valence-corrected chi connectivity index (χ0v) is 22.7. The van der Waals surface area contributed by atoms with Gasteiger partial charge in [-0.15, -0.1) is 11.3 Å². The van der Waals surface area contributed by atoms with Gasteiger partial charge in [-0.25, -0.2) is 9.78 Å². The first-order chi connectivity index (χ1) is 17.6. The number of methoxy groups -OCH3 is 1. The van der Waals surface area contributed by atoms with Crippen molar-refractivity contribution in [2.45, 2.75) is 38.9 Å². The Morgan fingerprint density at radius 2 is 1.84 bits per heavy atom. The Morgan fingerprint density at radius 3 is 2.51 bits per heavy atom. The molecule has 0 unspecified atom stereocenters. The fourth-order valence-corrected chi connectivity index (χ4v) is 5.37. The van der Waals surface area contributed by atoms with Crippen LogP contribution in [0, 0.1) is 0 Å². The minimum Gasteiger partial charge on any atom is -0.493 e. The molecule has 0 N–H and O–H groups in total. The van der Waals surface area contributed by atoms with E-state index in [-0.39, 0.29) is 18.1 Å². The van der Waals surface area contributed by atoms with E-state index in [0.717, 1.165) is 22.0 Å². The maximum Gasteiger partial charge on any atom is 0.410 e. The summed E-state index contributed by atoms with van der Waals surface area (Å²) >= 11 is 7.40. The standard InChI is InChI=1S/C27H28ClN3O5S/c1-27(2,3)36-26(33)30-14-19(15-30)35-21-10-9-18(13-22(21)34-4)31-12-11-20-23(25(31)32)37-24(29-20)16-5-7-17(28)8-6-16/h5-10,13,19H,11-12,14-15H2,1-4H3. The highest BCUT2D eigenvalue weighted by molar-refractivity contribution is 7.17. The van der Waals surface area contributed by atoms with Gasteiger partial charge in [-0.2, -0.15) is 0 Å². The molecule has 3 aromatic rings. The average Bonchev–Trinajstić information content (AvgIpc) is 3.26. The van der Waals surface area contributed by atoms with Gasteiger partial charge in [-0.1, -0.05) is 23.7 Å². The first-order valence-corrected chi connectivity index (χ1v) is 13.2. The second-order valence-electron chi connectivity index (χ2n) is 9.97. The number of amides is 2. The molecule has 37 heavy (non-hydrogen) atoms. The molecule has 2 aliphatic heterocycles. The lowest BCUT2D eigenvalue weighted by Gasteiger charge is -2.39. The number of benzene rings is 2. The van der Waals surface area contributed by atoms with Crippen LogP contribution in [-0.2, 0) is 11.2 Å². The molecule has 2 aliphatic rings. The van der Waals surface area contributed by atoms with Crippen molar-refractivity contribution < 1.29 is 23.8 Å². The van der Waals surface area contributed by atoms with Crippen LogP contribution in [0.4, 0.5) is 10.5 Å². The van der Waals surface area contributed by atoms with Crippen molar-refractivity contribution in [1.29, 1.82) is 0 Å². The fraction of sp³-hybridized carbons (Fsp3) is 0.370. The van der Waals surface area contributed by atoms with E-state index in [1.54, 1.807) is 23.0 Å². The van der Waals surface area contributed by atoms with Crippen LogP contribution in [0.3, 0.4) is 0 Å². The zero-order valence-electron chi connectivity index (χ0n) is 21.1. The van der Waals surface area contributed by atoms with Crippen LogP contribution in [0.2, 0.25) is 5.02 Å². The number of nitrogens with zero attached hydrogens (tertiary/aromatic N) is 3. The molecular formula is C27H28ClN3O5S. The lowest BCUT2D eigenvalue weighted by Crippen LogP contribution is -2.57. The number of carbonyl (C=O) groups excluding carboxylic acids is 2. The number of carbonyl (C=O) groups is 2.